The summed E-state index contributed by atoms with van der Waals surface area (Å²) in [4.78, 5) is 25.0. The van der Waals surface area contributed by atoms with Gasteiger partial charge in [0.15, 0.2) is 0 Å². The molecule has 6 heteroatoms. The summed E-state index contributed by atoms with van der Waals surface area (Å²) in [6.07, 6.45) is 3.73. The number of carbonyl (C=O) groups excluding carboxylic acids is 2. The zero-order valence-electron chi connectivity index (χ0n) is 18.2. The zero-order chi connectivity index (χ0) is 22.9. The van der Waals surface area contributed by atoms with Crippen LogP contribution in [0.3, 0.4) is 0 Å². The average molecular weight is 439 g/mol. The SMILES string of the molecule is O=C(CC(c1ccccc1)c1ccccc1)NCc1cccc(NC(=O)Cn2cccn2)c1. The van der Waals surface area contributed by atoms with Gasteiger partial charge in [0.05, 0.1) is 0 Å². The van der Waals surface area contributed by atoms with Crippen molar-refractivity contribution in [1.82, 2.24) is 15.1 Å². The first kappa shape index (κ1) is 22.0. The summed E-state index contributed by atoms with van der Waals surface area (Å²) in [5.74, 6) is -0.199. The Labute approximate surface area is 193 Å². The second-order valence-electron chi connectivity index (χ2n) is 7.81. The molecular weight excluding hydrogens is 412 g/mol. The van der Waals surface area contributed by atoms with Crippen molar-refractivity contribution in [3.05, 3.63) is 120 Å². The normalized spacial score (nSPS) is 10.7. The predicted octanol–water partition coefficient (Wildman–Crippen LogP) is 4.36. The van der Waals surface area contributed by atoms with Crippen LogP contribution in [-0.2, 0) is 22.7 Å². The lowest BCUT2D eigenvalue weighted by Gasteiger charge is -2.18. The molecule has 3 aromatic carbocycles. The standard InChI is InChI=1S/C27H26N4O2/c32-26(18-25(22-10-3-1-4-11-22)23-12-5-2-6-13-23)28-19-21-9-7-14-24(17-21)30-27(33)20-31-16-8-15-29-31/h1-17,25H,18-20H2,(H,28,32)(H,30,33). The number of nitrogens with one attached hydrogen (secondary N) is 2. The number of carbonyl (C=O) groups is 2. The fraction of sp³-hybridized carbons (Fsp3) is 0.148. The molecule has 0 radical (unpaired) electrons. The van der Waals surface area contributed by atoms with E-state index in [1.165, 1.54) is 0 Å². The van der Waals surface area contributed by atoms with Gasteiger partial charge in [-0.05, 0) is 34.9 Å². The molecule has 4 aromatic rings. The second kappa shape index (κ2) is 10.9. The molecule has 0 fully saturated rings. The van der Waals surface area contributed by atoms with Crippen molar-refractivity contribution in [2.24, 2.45) is 0 Å². The highest BCUT2D eigenvalue weighted by atomic mass is 16.2. The summed E-state index contributed by atoms with van der Waals surface area (Å²) in [5, 5.41) is 9.93. The van der Waals surface area contributed by atoms with Crippen molar-refractivity contribution in [2.45, 2.75) is 25.4 Å². The van der Waals surface area contributed by atoms with Gasteiger partial charge in [-0.25, -0.2) is 0 Å². The Morgan fingerprint density at radius 2 is 1.52 bits per heavy atom. The van der Waals surface area contributed by atoms with Gasteiger partial charge in [-0.3, -0.25) is 14.3 Å². The highest BCUT2D eigenvalue weighted by Crippen LogP contribution is 2.27. The molecule has 1 aromatic heterocycles. The molecule has 0 aliphatic heterocycles. The number of aromatic nitrogens is 2. The fourth-order valence-corrected chi connectivity index (χ4v) is 3.76. The van der Waals surface area contributed by atoms with Crippen LogP contribution in [0.4, 0.5) is 5.69 Å². The Hall–Kier alpha value is -4.19. The number of hydrogen-bond donors (Lipinski definition) is 2. The van der Waals surface area contributed by atoms with E-state index in [1.54, 1.807) is 23.1 Å². The summed E-state index contributed by atoms with van der Waals surface area (Å²) in [5.41, 5.74) is 3.82. The maximum absolute atomic E-state index is 12.8. The minimum absolute atomic E-state index is 0.0136. The fourth-order valence-electron chi connectivity index (χ4n) is 3.76. The first-order valence-corrected chi connectivity index (χ1v) is 10.9. The molecule has 166 valence electrons. The van der Waals surface area contributed by atoms with E-state index < -0.39 is 0 Å². The van der Waals surface area contributed by atoms with Gasteiger partial charge in [0.25, 0.3) is 0 Å². The van der Waals surface area contributed by atoms with Crippen LogP contribution in [-0.4, -0.2) is 21.6 Å². The van der Waals surface area contributed by atoms with E-state index in [0.717, 1.165) is 16.7 Å². The van der Waals surface area contributed by atoms with Crippen LogP contribution < -0.4 is 10.6 Å². The third-order valence-electron chi connectivity index (χ3n) is 5.36. The molecule has 0 saturated heterocycles. The van der Waals surface area contributed by atoms with Crippen LogP contribution in [0.5, 0.6) is 0 Å². The van der Waals surface area contributed by atoms with Crippen molar-refractivity contribution >= 4 is 17.5 Å². The number of amides is 2. The van der Waals surface area contributed by atoms with E-state index in [-0.39, 0.29) is 24.3 Å². The third-order valence-corrected chi connectivity index (χ3v) is 5.36. The predicted molar refractivity (Wildman–Crippen MR) is 128 cm³/mol. The number of hydrogen-bond acceptors (Lipinski definition) is 3. The van der Waals surface area contributed by atoms with Crippen LogP contribution in [0.25, 0.3) is 0 Å². The molecule has 0 aliphatic rings. The van der Waals surface area contributed by atoms with Crippen molar-refractivity contribution in [1.29, 1.82) is 0 Å². The smallest absolute Gasteiger partial charge is 0.246 e. The summed E-state index contributed by atoms with van der Waals surface area (Å²) < 4.78 is 1.56. The molecule has 0 atom stereocenters. The van der Waals surface area contributed by atoms with Gasteiger partial charge in [-0.15, -0.1) is 0 Å². The van der Waals surface area contributed by atoms with Crippen molar-refractivity contribution in [3.63, 3.8) is 0 Å². The Kier molecular flexibility index (Phi) is 7.28. The molecule has 0 aliphatic carbocycles. The summed E-state index contributed by atoms with van der Waals surface area (Å²) in [7, 11) is 0. The lowest BCUT2D eigenvalue weighted by atomic mass is 9.88. The first-order valence-electron chi connectivity index (χ1n) is 10.9. The Balaban J connectivity index is 1.36. The van der Waals surface area contributed by atoms with Gasteiger partial charge in [0.1, 0.15) is 6.54 Å². The molecular formula is C27H26N4O2. The van der Waals surface area contributed by atoms with Crippen LogP contribution in [0, 0.1) is 0 Å². The van der Waals surface area contributed by atoms with E-state index in [1.807, 2.05) is 60.7 Å². The van der Waals surface area contributed by atoms with Gasteiger partial charge in [-0.1, -0.05) is 72.8 Å². The van der Waals surface area contributed by atoms with Crippen molar-refractivity contribution < 1.29 is 9.59 Å². The number of nitrogens with zero attached hydrogens (tertiary/aromatic N) is 2. The monoisotopic (exact) mass is 438 g/mol. The molecule has 1 heterocycles. The molecule has 2 amide bonds. The zero-order valence-corrected chi connectivity index (χ0v) is 18.2. The molecule has 4 rings (SSSR count). The van der Waals surface area contributed by atoms with Crippen LogP contribution in [0.2, 0.25) is 0 Å². The van der Waals surface area contributed by atoms with Crippen LogP contribution in [0.1, 0.15) is 29.0 Å². The van der Waals surface area contributed by atoms with Crippen molar-refractivity contribution in [2.75, 3.05) is 5.32 Å². The van der Waals surface area contributed by atoms with Gasteiger partial charge >= 0.3 is 0 Å². The number of benzene rings is 3. The topological polar surface area (TPSA) is 76.0 Å². The molecule has 2 N–H and O–H groups in total. The summed E-state index contributed by atoms with van der Waals surface area (Å²) in [6.45, 7) is 0.534. The Bertz CT molecular complexity index is 1140. The summed E-state index contributed by atoms with van der Waals surface area (Å²) in [6, 6.07) is 29.4. The molecule has 0 unspecified atom stereocenters. The lowest BCUT2D eigenvalue weighted by Crippen LogP contribution is -2.25. The van der Waals surface area contributed by atoms with Crippen LogP contribution >= 0.6 is 0 Å². The molecule has 6 nitrogen and oxygen atoms in total. The van der Waals surface area contributed by atoms with E-state index >= 15 is 0 Å². The lowest BCUT2D eigenvalue weighted by molar-refractivity contribution is -0.121. The molecule has 0 bridgehead atoms. The van der Waals surface area contributed by atoms with E-state index in [4.69, 9.17) is 0 Å². The minimum Gasteiger partial charge on any atom is -0.352 e. The second-order valence-corrected chi connectivity index (χ2v) is 7.81. The van der Waals surface area contributed by atoms with Gasteiger partial charge < -0.3 is 10.6 Å². The molecule has 0 spiro atoms. The number of anilines is 1. The van der Waals surface area contributed by atoms with E-state index in [9.17, 15) is 9.59 Å². The van der Waals surface area contributed by atoms with Gasteiger partial charge in [-0.2, -0.15) is 5.10 Å². The summed E-state index contributed by atoms with van der Waals surface area (Å²) >= 11 is 0. The van der Waals surface area contributed by atoms with E-state index in [2.05, 4.69) is 40.0 Å². The third kappa shape index (κ3) is 6.40. The van der Waals surface area contributed by atoms with Crippen molar-refractivity contribution in [3.8, 4) is 0 Å². The maximum Gasteiger partial charge on any atom is 0.246 e. The van der Waals surface area contributed by atoms with E-state index in [0.29, 0.717) is 18.7 Å². The van der Waals surface area contributed by atoms with Gasteiger partial charge in [0, 0.05) is 37.0 Å². The molecule has 33 heavy (non-hydrogen) atoms. The highest BCUT2D eigenvalue weighted by Gasteiger charge is 2.18. The average Bonchev–Trinajstić information content (AvgIpc) is 3.35. The highest BCUT2D eigenvalue weighted by molar-refractivity contribution is 5.90. The van der Waals surface area contributed by atoms with Gasteiger partial charge in [0.2, 0.25) is 11.8 Å². The largest absolute Gasteiger partial charge is 0.352 e. The minimum atomic E-state index is -0.159. The van der Waals surface area contributed by atoms with Crippen LogP contribution in [0.15, 0.2) is 103 Å². The first-order chi connectivity index (χ1) is 16.2. The Morgan fingerprint density at radius 1 is 0.818 bits per heavy atom. The Morgan fingerprint density at radius 3 is 2.15 bits per heavy atom. The number of rotatable bonds is 9. The molecule has 0 saturated carbocycles. The maximum atomic E-state index is 12.8. The quantitative estimate of drug-likeness (QED) is 0.408.